The van der Waals surface area contributed by atoms with Crippen molar-refractivity contribution < 1.29 is 4.79 Å². The molecule has 1 amide bonds. The molecule has 0 radical (unpaired) electrons. The third-order valence-corrected chi connectivity index (χ3v) is 8.41. The van der Waals surface area contributed by atoms with Crippen LogP contribution >= 0.6 is 27.3 Å². The molecule has 0 saturated heterocycles. The van der Waals surface area contributed by atoms with E-state index in [1.54, 1.807) is 6.20 Å². The van der Waals surface area contributed by atoms with Gasteiger partial charge in [0.15, 0.2) is 5.13 Å². The van der Waals surface area contributed by atoms with Crippen LogP contribution in [0.2, 0.25) is 0 Å². The summed E-state index contributed by atoms with van der Waals surface area (Å²) >= 11 is 5.52. The Balaban J connectivity index is 1.40. The highest BCUT2D eigenvalue weighted by Crippen LogP contribution is 2.64. The Bertz CT molecular complexity index is 851. The zero-order valence-electron chi connectivity index (χ0n) is 14.8. The van der Waals surface area contributed by atoms with Crippen LogP contribution in [0.15, 0.2) is 24.4 Å². The minimum atomic E-state index is -0.210. The second-order valence-electron chi connectivity index (χ2n) is 8.49. The smallest absolute Gasteiger partial charge is 0.232 e. The molecule has 4 aliphatic rings. The van der Waals surface area contributed by atoms with E-state index < -0.39 is 0 Å². The number of aryl methyl sites for hydroxylation is 1. The monoisotopic (exact) mass is 431 g/mol. The zero-order valence-corrected chi connectivity index (χ0v) is 17.2. The van der Waals surface area contributed by atoms with Crippen molar-refractivity contribution in [3.63, 3.8) is 0 Å². The molecule has 2 aromatic heterocycles. The summed E-state index contributed by atoms with van der Waals surface area (Å²) in [6.45, 7) is 1.98. The van der Waals surface area contributed by atoms with Crippen molar-refractivity contribution in [2.45, 2.75) is 49.8 Å². The fourth-order valence-corrected chi connectivity index (χ4v) is 8.22. The van der Waals surface area contributed by atoms with Crippen molar-refractivity contribution in [1.82, 2.24) is 9.97 Å². The van der Waals surface area contributed by atoms with E-state index in [9.17, 15) is 4.79 Å². The number of nitrogens with zero attached hydrogens (tertiary/aromatic N) is 2. The minimum absolute atomic E-state index is 0.178. The van der Waals surface area contributed by atoms with Crippen molar-refractivity contribution >= 4 is 38.3 Å². The summed E-state index contributed by atoms with van der Waals surface area (Å²) < 4.78 is 0.187. The highest BCUT2D eigenvalue weighted by Gasteiger charge is 2.59. The largest absolute Gasteiger partial charge is 0.301 e. The summed E-state index contributed by atoms with van der Waals surface area (Å²) in [6.07, 6.45) is 8.62. The number of thiazole rings is 1. The normalized spacial score (nSPS) is 34.8. The average Bonchev–Trinajstić information content (AvgIpc) is 2.94. The van der Waals surface area contributed by atoms with Gasteiger partial charge in [0.05, 0.1) is 21.7 Å². The molecule has 0 spiro atoms. The van der Waals surface area contributed by atoms with Gasteiger partial charge < -0.3 is 5.32 Å². The predicted molar refractivity (Wildman–Crippen MR) is 107 cm³/mol. The van der Waals surface area contributed by atoms with E-state index in [1.807, 2.05) is 25.1 Å². The third kappa shape index (κ3) is 2.73. The predicted octanol–water partition coefficient (Wildman–Crippen LogP) is 5.19. The van der Waals surface area contributed by atoms with Crippen LogP contribution in [0.3, 0.4) is 0 Å². The number of rotatable bonds is 3. The number of amides is 1. The molecule has 0 aliphatic heterocycles. The summed E-state index contributed by atoms with van der Waals surface area (Å²) in [5, 5.41) is 3.87. The van der Waals surface area contributed by atoms with Gasteiger partial charge in [0.1, 0.15) is 0 Å². The Morgan fingerprint density at radius 3 is 2.69 bits per heavy atom. The van der Waals surface area contributed by atoms with Crippen molar-refractivity contribution in [1.29, 1.82) is 0 Å². The summed E-state index contributed by atoms with van der Waals surface area (Å²) in [5.74, 6) is 1.57. The van der Waals surface area contributed by atoms with E-state index in [0.717, 1.165) is 35.5 Å². The summed E-state index contributed by atoms with van der Waals surface area (Å²) in [5.41, 5.74) is 1.63. The Kier molecular flexibility index (Phi) is 3.80. The summed E-state index contributed by atoms with van der Waals surface area (Å²) in [4.78, 5) is 23.3. The number of hydrogen-bond acceptors (Lipinski definition) is 4. The molecule has 4 nitrogen and oxygen atoms in total. The van der Waals surface area contributed by atoms with E-state index >= 15 is 0 Å². The quantitative estimate of drug-likeness (QED) is 0.680. The first kappa shape index (κ1) is 16.9. The van der Waals surface area contributed by atoms with Crippen LogP contribution in [0.25, 0.3) is 10.6 Å². The minimum Gasteiger partial charge on any atom is -0.301 e. The van der Waals surface area contributed by atoms with Gasteiger partial charge in [-0.25, -0.2) is 4.98 Å². The molecule has 4 bridgehead atoms. The molecule has 2 heterocycles. The van der Waals surface area contributed by atoms with Gasteiger partial charge >= 0.3 is 0 Å². The van der Waals surface area contributed by atoms with Crippen LogP contribution in [-0.4, -0.2) is 20.2 Å². The Morgan fingerprint density at radius 2 is 2.04 bits per heavy atom. The highest BCUT2D eigenvalue weighted by molar-refractivity contribution is 9.10. The molecular formula is C20H22BrN3OS. The summed E-state index contributed by atoms with van der Waals surface area (Å²) in [7, 11) is 0. The first-order valence-electron chi connectivity index (χ1n) is 9.34. The van der Waals surface area contributed by atoms with E-state index in [-0.39, 0.29) is 15.6 Å². The topological polar surface area (TPSA) is 54.9 Å². The number of carbonyl (C=O) groups excluding carboxylic acids is 1. The molecule has 2 atom stereocenters. The lowest BCUT2D eigenvalue weighted by Crippen LogP contribution is -2.57. The molecule has 2 aromatic rings. The number of nitrogens with one attached hydrogen (secondary N) is 1. The Hall–Kier alpha value is -1.27. The Labute approximate surface area is 166 Å². The first-order valence-corrected chi connectivity index (χ1v) is 10.9. The Morgan fingerprint density at radius 1 is 1.27 bits per heavy atom. The fourth-order valence-electron chi connectivity index (χ4n) is 5.83. The molecule has 4 saturated carbocycles. The lowest BCUT2D eigenvalue weighted by Gasteiger charge is -2.59. The van der Waals surface area contributed by atoms with Gasteiger partial charge in [0.25, 0.3) is 0 Å². The number of pyridine rings is 1. The zero-order chi connectivity index (χ0) is 17.9. The maximum atomic E-state index is 13.3. The van der Waals surface area contributed by atoms with Gasteiger partial charge in [-0.05, 0) is 69.4 Å². The SMILES string of the molecule is Cc1nc(NC(=O)C23CC4CC(CC(Br)(C4)C2)C3)sc1-c1ccccn1. The second kappa shape index (κ2) is 5.86. The highest BCUT2D eigenvalue weighted by atomic mass is 79.9. The fraction of sp³-hybridized carbons (Fsp3) is 0.550. The first-order chi connectivity index (χ1) is 12.4. The molecule has 4 aliphatic carbocycles. The molecule has 4 fully saturated rings. The van der Waals surface area contributed by atoms with Crippen LogP contribution in [0.1, 0.15) is 44.2 Å². The molecule has 1 N–H and O–H groups in total. The number of anilines is 1. The van der Waals surface area contributed by atoms with E-state index in [0.29, 0.717) is 17.0 Å². The van der Waals surface area contributed by atoms with Crippen molar-refractivity contribution in [2.75, 3.05) is 5.32 Å². The molecule has 0 aromatic carbocycles. The van der Waals surface area contributed by atoms with E-state index in [2.05, 4.69) is 31.2 Å². The molecule has 136 valence electrons. The van der Waals surface area contributed by atoms with Gasteiger partial charge in [-0.1, -0.05) is 33.3 Å². The van der Waals surface area contributed by atoms with Crippen LogP contribution in [-0.2, 0) is 4.79 Å². The number of alkyl halides is 1. The van der Waals surface area contributed by atoms with Crippen LogP contribution in [0.5, 0.6) is 0 Å². The molecule has 6 rings (SSSR count). The number of aromatic nitrogens is 2. The van der Waals surface area contributed by atoms with Crippen molar-refractivity contribution in [3.05, 3.63) is 30.1 Å². The van der Waals surface area contributed by atoms with E-state index in [4.69, 9.17) is 0 Å². The number of carbonyl (C=O) groups is 1. The average molecular weight is 432 g/mol. The maximum absolute atomic E-state index is 13.3. The molecule has 6 heteroatoms. The van der Waals surface area contributed by atoms with Crippen LogP contribution < -0.4 is 5.32 Å². The molecule has 26 heavy (non-hydrogen) atoms. The van der Waals surface area contributed by atoms with E-state index in [1.165, 1.54) is 30.6 Å². The van der Waals surface area contributed by atoms with Crippen molar-refractivity contribution in [3.8, 4) is 10.6 Å². The van der Waals surface area contributed by atoms with Crippen molar-refractivity contribution in [2.24, 2.45) is 17.3 Å². The van der Waals surface area contributed by atoms with Crippen LogP contribution in [0, 0.1) is 24.2 Å². The summed E-state index contributed by atoms with van der Waals surface area (Å²) in [6, 6.07) is 5.87. The molecular weight excluding hydrogens is 410 g/mol. The lowest BCUT2D eigenvalue weighted by atomic mass is 9.49. The maximum Gasteiger partial charge on any atom is 0.232 e. The third-order valence-electron chi connectivity index (χ3n) is 6.39. The second-order valence-corrected chi connectivity index (χ2v) is 11.2. The standard InChI is InChI=1S/C20H22BrN3OS/c1-12-16(15-4-2-3-5-22-15)26-18(23-12)24-17(25)19-7-13-6-14(8-19)10-20(21,9-13)11-19/h2-5,13-14H,6-11H2,1H3,(H,23,24,25). The lowest BCUT2D eigenvalue weighted by molar-refractivity contribution is -0.138. The number of hydrogen-bond donors (Lipinski definition) is 1. The van der Waals surface area contributed by atoms with Gasteiger partial charge in [-0.15, -0.1) is 0 Å². The van der Waals surface area contributed by atoms with Gasteiger partial charge in [-0.2, -0.15) is 0 Å². The van der Waals surface area contributed by atoms with Gasteiger partial charge in [0.2, 0.25) is 5.91 Å². The van der Waals surface area contributed by atoms with Gasteiger partial charge in [0, 0.05) is 10.5 Å². The van der Waals surface area contributed by atoms with Gasteiger partial charge in [-0.3, -0.25) is 9.78 Å². The molecule has 2 unspecified atom stereocenters. The number of halogens is 1. The van der Waals surface area contributed by atoms with Crippen LogP contribution in [0.4, 0.5) is 5.13 Å².